The van der Waals surface area contributed by atoms with Crippen molar-refractivity contribution in [2.45, 2.75) is 36.2 Å². The minimum absolute atomic E-state index is 0.0507. The summed E-state index contributed by atoms with van der Waals surface area (Å²) in [4.78, 5) is 36.9. The van der Waals surface area contributed by atoms with E-state index < -0.39 is 46.0 Å². The number of ether oxygens (including phenoxy) is 3. The Morgan fingerprint density at radius 3 is 2.24 bits per heavy atom. The van der Waals surface area contributed by atoms with E-state index in [1.165, 1.54) is 14.0 Å². The van der Waals surface area contributed by atoms with Crippen LogP contribution < -0.4 is 0 Å². The van der Waals surface area contributed by atoms with Gasteiger partial charge in [0.15, 0.2) is 0 Å². The Labute approximate surface area is 165 Å². The van der Waals surface area contributed by atoms with Gasteiger partial charge in [-0.05, 0) is 26.3 Å². The molecule has 0 saturated carbocycles. The lowest BCUT2D eigenvalue weighted by Gasteiger charge is -2.45. The first-order valence-electron chi connectivity index (χ1n) is 7.03. The minimum Gasteiger partial charge on any atom is -0.464 e. The Kier molecular flexibility index (Phi) is 7.68. The van der Waals surface area contributed by atoms with E-state index in [1.54, 1.807) is 13.8 Å². The highest BCUT2D eigenvalue weighted by Crippen LogP contribution is 2.38. The maximum absolute atomic E-state index is 12.4. The van der Waals surface area contributed by atoms with E-state index in [9.17, 15) is 14.4 Å². The van der Waals surface area contributed by atoms with Crippen molar-refractivity contribution in [1.29, 1.82) is 0 Å². The van der Waals surface area contributed by atoms with Crippen molar-refractivity contribution in [3.63, 3.8) is 0 Å². The molecule has 3 unspecified atom stereocenters. The van der Waals surface area contributed by atoms with Gasteiger partial charge in [0, 0.05) is 0 Å². The first-order chi connectivity index (χ1) is 11.4. The van der Waals surface area contributed by atoms with Gasteiger partial charge >= 0.3 is 12.1 Å². The zero-order valence-corrected chi connectivity index (χ0v) is 16.9. The summed E-state index contributed by atoms with van der Waals surface area (Å²) < 4.78 is 12.5. The Balaban J connectivity index is 2.74. The van der Waals surface area contributed by atoms with E-state index in [-0.39, 0.29) is 5.70 Å². The summed E-state index contributed by atoms with van der Waals surface area (Å²) in [6.45, 7) is 4.24. The molecule has 1 aliphatic rings. The van der Waals surface area contributed by atoms with Gasteiger partial charge < -0.3 is 14.2 Å². The third-order valence-electron chi connectivity index (χ3n) is 3.30. The van der Waals surface area contributed by atoms with E-state index in [0.29, 0.717) is 5.57 Å². The quantitative estimate of drug-likeness (QED) is 0.216. The molecular weight excluding hydrogens is 420 g/mol. The van der Waals surface area contributed by atoms with Crippen molar-refractivity contribution in [1.82, 2.24) is 4.90 Å². The van der Waals surface area contributed by atoms with Crippen LogP contribution in [0.4, 0.5) is 4.79 Å². The van der Waals surface area contributed by atoms with Crippen molar-refractivity contribution in [3.8, 4) is 0 Å². The van der Waals surface area contributed by atoms with Gasteiger partial charge in [-0.1, -0.05) is 46.4 Å². The largest absolute Gasteiger partial charge is 0.508 e. The molecule has 0 aromatic heterocycles. The standard InChI is InChI=1S/C14H17Cl4NO6/c1-6(2)9(12(21)23-4)19-10(15)8(11(19)20)7(3)25-13(22)24-5-14(16,17)18/h7-8,10H,5H2,1-4H3. The van der Waals surface area contributed by atoms with Gasteiger partial charge in [0.25, 0.3) is 0 Å². The maximum atomic E-state index is 12.4. The van der Waals surface area contributed by atoms with Crippen molar-refractivity contribution in [3.05, 3.63) is 11.3 Å². The molecule has 1 amide bonds. The van der Waals surface area contributed by atoms with Crippen LogP contribution in [0, 0.1) is 5.92 Å². The van der Waals surface area contributed by atoms with Crippen LogP contribution in [0.5, 0.6) is 0 Å². The van der Waals surface area contributed by atoms with Crippen LogP contribution in [0.2, 0.25) is 0 Å². The second kappa shape index (κ2) is 8.66. The van der Waals surface area contributed by atoms with Crippen LogP contribution in [-0.2, 0) is 23.8 Å². The fourth-order valence-electron chi connectivity index (χ4n) is 2.18. The summed E-state index contributed by atoms with van der Waals surface area (Å²) in [6.07, 6.45) is -2.02. The first kappa shape index (κ1) is 22.2. The highest BCUT2D eigenvalue weighted by Gasteiger charge is 2.53. The number of allylic oxidation sites excluding steroid dienone is 1. The number of halogens is 4. The van der Waals surface area contributed by atoms with Crippen LogP contribution in [0.15, 0.2) is 11.3 Å². The smallest absolute Gasteiger partial charge is 0.464 e. The Hall–Kier alpha value is -0.890. The Bertz CT molecular complexity index is 584. The molecule has 0 aromatic carbocycles. The molecule has 1 fully saturated rings. The molecule has 1 saturated heterocycles. The molecule has 0 radical (unpaired) electrons. The van der Waals surface area contributed by atoms with Gasteiger partial charge in [-0.3, -0.25) is 9.69 Å². The van der Waals surface area contributed by atoms with Crippen LogP contribution in [0.1, 0.15) is 20.8 Å². The number of nitrogens with zero attached hydrogens (tertiary/aromatic N) is 1. The van der Waals surface area contributed by atoms with Crippen LogP contribution in [0.25, 0.3) is 0 Å². The average molecular weight is 437 g/mol. The van der Waals surface area contributed by atoms with E-state index in [1.807, 2.05) is 0 Å². The Morgan fingerprint density at radius 1 is 1.28 bits per heavy atom. The lowest BCUT2D eigenvalue weighted by molar-refractivity contribution is -0.159. The predicted molar refractivity (Wildman–Crippen MR) is 92.6 cm³/mol. The van der Waals surface area contributed by atoms with E-state index in [4.69, 9.17) is 51.1 Å². The fourth-order valence-corrected chi connectivity index (χ4v) is 2.85. The molecule has 1 heterocycles. The van der Waals surface area contributed by atoms with Crippen molar-refractivity contribution in [2.24, 2.45) is 5.92 Å². The molecule has 11 heteroatoms. The summed E-state index contributed by atoms with van der Waals surface area (Å²) in [5.74, 6) is -2.03. The molecule has 0 spiro atoms. The number of methoxy groups -OCH3 is 1. The topological polar surface area (TPSA) is 82.1 Å². The number of β-lactam (4-membered cyclic amide) rings is 1. The third kappa shape index (κ3) is 5.54. The monoisotopic (exact) mass is 435 g/mol. The SMILES string of the molecule is COC(=O)C(=C(C)C)N1C(=O)C(C(C)OC(=O)OCC(Cl)(Cl)Cl)C1Cl. The molecule has 0 aromatic rings. The van der Waals surface area contributed by atoms with Crippen LogP contribution >= 0.6 is 46.4 Å². The van der Waals surface area contributed by atoms with Crippen LogP contribution in [0.3, 0.4) is 0 Å². The fraction of sp³-hybridized carbons (Fsp3) is 0.643. The number of likely N-dealkylation sites (tertiary alicyclic amines) is 1. The third-order valence-corrected chi connectivity index (χ3v) is 4.09. The number of alkyl halides is 4. The van der Waals surface area contributed by atoms with Crippen molar-refractivity contribution >= 4 is 64.4 Å². The number of hydrogen-bond donors (Lipinski definition) is 0. The predicted octanol–water partition coefficient (Wildman–Crippen LogP) is 3.39. The molecule has 0 N–H and O–H groups in total. The summed E-state index contributed by atoms with van der Waals surface area (Å²) in [6, 6.07) is 0. The van der Waals surface area contributed by atoms with Crippen molar-refractivity contribution < 1.29 is 28.6 Å². The van der Waals surface area contributed by atoms with Gasteiger partial charge in [-0.2, -0.15) is 0 Å². The zero-order chi connectivity index (χ0) is 19.5. The lowest BCUT2D eigenvalue weighted by Crippen LogP contribution is -2.62. The van der Waals surface area contributed by atoms with Crippen molar-refractivity contribution in [2.75, 3.05) is 13.7 Å². The van der Waals surface area contributed by atoms with E-state index in [2.05, 4.69) is 9.47 Å². The number of rotatable bonds is 5. The number of esters is 1. The molecule has 0 bridgehead atoms. The number of carbonyl (C=O) groups excluding carboxylic acids is 3. The molecule has 1 aliphatic heterocycles. The van der Waals surface area contributed by atoms with E-state index >= 15 is 0 Å². The first-order valence-corrected chi connectivity index (χ1v) is 8.60. The second-order valence-corrected chi connectivity index (χ2v) is 8.39. The lowest BCUT2D eigenvalue weighted by atomic mass is 9.91. The van der Waals surface area contributed by atoms with Gasteiger partial charge in [0.2, 0.25) is 9.70 Å². The number of carbonyl (C=O) groups is 3. The van der Waals surface area contributed by atoms with Crippen LogP contribution in [-0.4, -0.2) is 52.0 Å². The Morgan fingerprint density at radius 2 is 1.84 bits per heavy atom. The normalized spacial score (nSPS) is 21.1. The summed E-state index contributed by atoms with van der Waals surface area (Å²) in [5, 5.41) is 0. The second-order valence-electron chi connectivity index (χ2n) is 5.42. The number of amides is 1. The molecule has 7 nitrogen and oxygen atoms in total. The summed E-state index contributed by atoms with van der Waals surface area (Å²) in [5.41, 5.74) is -0.290. The molecule has 1 rings (SSSR count). The molecule has 142 valence electrons. The minimum atomic E-state index is -1.78. The van der Waals surface area contributed by atoms with Gasteiger partial charge in [0.05, 0.1) is 7.11 Å². The molecule has 3 atom stereocenters. The summed E-state index contributed by atoms with van der Waals surface area (Å²) >= 11 is 22.6. The highest BCUT2D eigenvalue weighted by atomic mass is 35.6. The van der Waals surface area contributed by atoms with Gasteiger partial charge in [-0.25, -0.2) is 9.59 Å². The van der Waals surface area contributed by atoms with Gasteiger partial charge in [-0.15, -0.1) is 0 Å². The summed E-state index contributed by atoms with van der Waals surface area (Å²) in [7, 11) is 1.20. The average Bonchev–Trinajstić information content (AvgIpc) is 2.48. The zero-order valence-electron chi connectivity index (χ0n) is 13.8. The molecule has 0 aliphatic carbocycles. The van der Waals surface area contributed by atoms with Gasteiger partial charge in [0.1, 0.15) is 29.8 Å². The molecular formula is C14H17Cl4NO6. The maximum Gasteiger partial charge on any atom is 0.508 e. The molecule has 25 heavy (non-hydrogen) atoms. The number of hydrogen-bond acceptors (Lipinski definition) is 6. The highest BCUT2D eigenvalue weighted by molar-refractivity contribution is 6.67. The van der Waals surface area contributed by atoms with E-state index in [0.717, 1.165) is 4.90 Å².